The number of rotatable bonds is 5. The Morgan fingerprint density at radius 1 is 1.42 bits per heavy atom. The normalized spacial score (nSPS) is 22.5. The van der Waals surface area contributed by atoms with Crippen LogP contribution in [-0.2, 0) is 10.0 Å². The fraction of sp³-hybridized carbons (Fsp3) is 0.500. The molecule has 0 saturated heterocycles. The zero-order valence-electron chi connectivity index (χ0n) is 10.5. The van der Waals surface area contributed by atoms with Crippen LogP contribution < -0.4 is 10.5 Å². The second-order valence-corrected chi connectivity index (χ2v) is 7.31. The minimum atomic E-state index is -3.69. The average molecular weight is 323 g/mol. The van der Waals surface area contributed by atoms with Crippen molar-refractivity contribution in [1.29, 1.82) is 0 Å². The number of nitrogens with one attached hydrogen (secondary N) is 1. The summed E-state index contributed by atoms with van der Waals surface area (Å²) in [7, 11) is -3.69. The lowest BCUT2D eigenvalue weighted by Crippen LogP contribution is -2.28. The van der Waals surface area contributed by atoms with Crippen LogP contribution >= 0.6 is 23.2 Å². The van der Waals surface area contributed by atoms with Gasteiger partial charge in [0.15, 0.2) is 0 Å². The number of hydrogen-bond acceptors (Lipinski definition) is 3. The molecule has 0 aromatic heterocycles. The molecule has 2 unspecified atom stereocenters. The third kappa shape index (κ3) is 3.34. The van der Waals surface area contributed by atoms with E-state index in [1.807, 2.05) is 0 Å². The maximum atomic E-state index is 12.3. The number of hydrogen-bond donors (Lipinski definition) is 2. The van der Waals surface area contributed by atoms with E-state index >= 15 is 0 Å². The van der Waals surface area contributed by atoms with Gasteiger partial charge in [-0.3, -0.25) is 0 Å². The molecule has 4 nitrogen and oxygen atoms in total. The summed E-state index contributed by atoms with van der Waals surface area (Å²) >= 11 is 11.7. The standard InChI is InChI=1S/C12H16Cl2N2O2S/c1-2-3-7-4-11(7)16-19(17,18)12-9(14)5-8(13)6-10(12)15/h5-7,11,16H,2-4,15H2,1H3. The second-order valence-electron chi connectivity index (χ2n) is 4.82. The molecule has 1 aliphatic rings. The zero-order valence-corrected chi connectivity index (χ0v) is 12.8. The molecule has 1 saturated carbocycles. The first-order chi connectivity index (χ1) is 8.85. The second kappa shape index (κ2) is 5.48. The van der Waals surface area contributed by atoms with Crippen molar-refractivity contribution in [3.8, 4) is 0 Å². The molecule has 0 spiro atoms. The van der Waals surface area contributed by atoms with Crippen LogP contribution in [0.1, 0.15) is 26.2 Å². The van der Waals surface area contributed by atoms with Crippen molar-refractivity contribution in [2.45, 2.75) is 37.1 Å². The van der Waals surface area contributed by atoms with Gasteiger partial charge in [-0.25, -0.2) is 13.1 Å². The summed E-state index contributed by atoms with van der Waals surface area (Å²) in [6, 6.07) is 2.76. The molecule has 19 heavy (non-hydrogen) atoms. The molecule has 1 aromatic carbocycles. The van der Waals surface area contributed by atoms with Gasteiger partial charge in [0, 0.05) is 11.1 Å². The summed E-state index contributed by atoms with van der Waals surface area (Å²) in [4.78, 5) is -0.0827. The first kappa shape index (κ1) is 14.9. The quantitative estimate of drug-likeness (QED) is 0.818. The van der Waals surface area contributed by atoms with Crippen LogP contribution in [0.4, 0.5) is 5.69 Å². The van der Waals surface area contributed by atoms with Crippen molar-refractivity contribution in [2.24, 2.45) is 5.92 Å². The molecule has 1 fully saturated rings. The van der Waals surface area contributed by atoms with E-state index in [4.69, 9.17) is 28.9 Å². The Morgan fingerprint density at radius 2 is 2.11 bits per heavy atom. The summed E-state index contributed by atoms with van der Waals surface area (Å²) in [5, 5.41) is 0.363. The highest BCUT2D eigenvalue weighted by molar-refractivity contribution is 7.89. The molecule has 1 aromatic rings. The van der Waals surface area contributed by atoms with Gasteiger partial charge in [-0.05, 0) is 30.9 Å². The van der Waals surface area contributed by atoms with Crippen molar-refractivity contribution >= 4 is 38.9 Å². The van der Waals surface area contributed by atoms with Crippen LogP contribution in [0.15, 0.2) is 17.0 Å². The summed E-state index contributed by atoms with van der Waals surface area (Å²) in [5.74, 6) is 0.423. The van der Waals surface area contributed by atoms with E-state index in [0.29, 0.717) is 10.9 Å². The van der Waals surface area contributed by atoms with E-state index in [1.54, 1.807) is 0 Å². The van der Waals surface area contributed by atoms with Gasteiger partial charge in [-0.2, -0.15) is 0 Å². The van der Waals surface area contributed by atoms with Crippen molar-refractivity contribution < 1.29 is 8.42 Å². The lowest BCUT2D eigenvalue weighted by atomic mass is 10.2. The highest BCUT2D eigenvalue weighted by atomic mass is 35.5. The maximum absolute atomic E-state index is 12.3. The Kier molecular flexibility index (Phi) is 4.30. The van der Waals surface area contributed by atoms with Crippen molar-refractivity contribution in [3.63, 3.8) is 0 Å². The van der Waals surface area contributed by atoms with Crippen LogP contribution in [0.2, 0.25) is 10.0 Å². The molecule has 0 amide bonds. The molecule has 2 atom stereocenters. The monoisotopic (exact) mass is 322 g/mol. The number of anilines is 1. The van der Waals surface area contributed by atoms with Crippen molar-refractivity contribution in [3.05, 3.63) is 22.2 Å². The Morgan fingerprint density at radius 3 is 2.68 bits per heavy atom. The van der Waals surface area contributed by atoms with E-state index in [0.717, 1.165) is 19.3 Å². The SMILES string of the molecule is CCCC1CC1NS(=O)(=O)c1c(N)cc(Cl)cc1Cl. The summed E-state index contributed by atoms with van der Waals surface area (Å²) < 4.78 is 27.2. The van der Waals surface area contributed by atoms with Gasteiger partial charge >= 0.3 is 0 Å². The van der Waals surface area contributed by atoms with E-state index < -0.39 is 10.0 Å². The maximum Gasteiger partial charge on any atom is 0.244 e. The lowest BCUT2D eigenvalue weighted by Gasteiger charge is -2.11. The van der Waals surface area contributed by atoms with E-state index in [-0.39, 0.29) is 21.6 Å². The van der Waals surface area contributed by atoms with E-state index in [2.05, 4.69) is 11.6 Å². The molecule has 106 valence electrons. The molecular formula is C12H16Cl2N2O2S. The molecule has 0 aliphatic heterocycles. The molecule has 0 bridgehead atoms. The highest BCUT2D eigenvalue weighted by Crippen LogP contribution is 2.37. The third-order valence-electron chi connectivity index (χ3n) is 3.19. The van der Waals surface area contributed by atoms with Gasteiger partial charge < -0.3 is 5.73 Å². The molecule has 2 rings (SSSR count). The topological polar surface area (TPSA) is 72.2 Å². The Hall–Kier alpha value is -0.490. The Bertz CT molecular complexity index is 566. The third-order valence-corrected chi connectivity index (χ3v) is 5.43. The van der Waals surface area contributed by atoms with Gasteiger partial charge in [0.2, 0.25) is 10.0 Å². The first-order valence-electron chi connectivity index (χ1n) is 6.12. The lowest BCUT2D eigenvalue weighted by molar-refractivity contribution is 0.573. The Balaban J connectivity index is 2.21. The number of sulfonamides is 1. The number of nitrogens with two attached hydrogens (primary N) is 1. The largest absolute Gasteiger partial charge is 0.398 e. The number of halogens is 2. The smallest absolute Gasteiger partial charge is 0.244 e. The van der Waals surface area contributed by atoms with E-state index in [1.165, 1.54) is 12.1 Å². The fourth-order valence-electron chi connectivity index (χ4n) is 2.20. The van der Waals surface area contributed by atoms with E-state index in [9.17, 15) is 8.42 Å². The van der Waals surface area contributed by atoms with Gasteiger partial charge in [0.1, 0.15) is 4.90 Å². The van der Waals surface area contributed by atoms with Gasteiger partial charge in [0.25, 0.3) is 0 Å². The summed E-state index contributed by atoms with van der Waals surface area (Å²) in [5.41, 5.74) is 5.78. The van der Waals surface area contributed by atoms with Gasteiger partial charge in [-0.15, -0.1) is 0 Å². The first-order valence-corrected chi connectivity index (χ1v) is 8.36. The zero-order chi connectivity index (χ0) is 14.2. The van der Waals surface area contributed by atoms with Gasteiger partial charge in [-0.1, -0.05) is 36.5 Å². The van der Waals surface area contributed by atoms with Crippen LogP contribution in [0.3, 0.4) is 0 Å². The van der Waals surface area contributed by atoms with Crippen LogP contribution in [0.25, 0.3) is 0 Å². The number of nitrogen functional groups attached to an aromatic ring is 1. The van der Waals surface area contributed by atoms with Gasteiger partial charge in [0.05, 0.1) is 10.7 Å². The minimum absolute atomic E-state index is 0.00362. The predicted octanol–water partition coefficient (Wildman–Crippen LogP) is 3.04. The summed E-state index contributed by atoms with van der Waals surface area (Å²) in [6.45, 7) is 2.08. The summed E-state index contributed by atoms with van der Waals surface area (Å²) in [6.07, 6.45) is 2.95. The molecule has 1 aliphatic carbocycles. The minimum Gasteiger partial charge on any atom is -0.398 e. The molecule has 0 heterocycles. The van der Waals surface area contributed by atoms with Crippen molar-refractivity contribution in [2.75, 3.05) is 5.73 Å². The fourth-order valence-corrected chi connectivity index (χ4v) is 4.51. The predicted molar refractivity (Wildman–Crippen MR) is 78.0 cm³/mol. The van der Waals surface area contributed by atoms with Crippen LogP contribution in [0.5, 0.6) is 0 Å². The average Bonchev–Trinajstić information content (AvgIpc) is 2.93. The van der Waals surface area contributed by atoms with Crippen LogP contribution in [0, 0.1) is 5.92 Å². The molecule has 0 radical (unpaired) electrons. The number of benzene rings is 1. The van der Waals surface area contributed by atoms with Crippen molar-refractivity contribution in [1.82, 2.24) is 4.72 Å². The molecular weight excluding hydrogens is 307 g/mol. The Labute approximate surface area is 123 Å². The molecule has 7 heteroatoms. The highest BCUT2D eigenvalue weighted by Gasteiger charge is 2.40. The van der Waals surface area contributed by atoms with Crippen LogP contribution in [-0.4, -0.2) is 14.5 Å². The molecule has 3 N–H and O–H groups in total.